The fraction of sp³-hybridized carbons (Fsp3) is 0.500. The molecule has 1 aromatic rings. The fourth-order valence-corrected chi connectivity index (χ4v) is 1.37. The van der Waals surface area contributed by atoms with E-state index in [0.29, 0.717) is 5.69 Å². The summed E-state index contributed by atoms with van der Waals surface area (Å²) in [6, 6.07) is -0.230. The lowest BCUT2D eigenvalue weighted by atomic mass is 10.2. The van der Waals surface area contributed by atoms with Gasteiger partial charge in [-0.2, -0.15) is 0 Å². The van der Waals surface area contributed by atoms with Crippen LogP contribution in [-0.2, 0) is 7.05 Å². The molecule has 0 radical (unpaired) electrons. The summed E-state index contributed by atoms with van der Waals surface area (Å²) >= 11 is 5.66. The number of nitrogens with zero attached hydrogens (tertiary/aromatic N) is 1. The Hall–Kier alpha value is -0.740. The molecular formula is C6H10ClN3O. The molecule has 0 fully saturated rings. The molecule has 11 heavy (non-hydrogen) atoms. The molecule has 0 amide bonds. The zero-order valence-corrected chi connectivity index (χ0v) is 7.14. The highest BCUT2D eigenvalue weighted by atomic mass is 35.5. The second-order valence-corrected chi connectivity index (χ2v) is 2.87. The van der Waals surface area contributed by atoms with Crippen molar-refractivity contribution in [1.82, 2.24) is 9.78 Å². The zero-order chi connectivity index (χ0) is 8.59. The second kappa shape index (κ2) is 2.71. The third-order valence-electron chi connectivity index (χ3n) is 1.49. The molecule has 0 saturated heterocycles. The first-order valence-corrected chi connectivity index (χ1v) is 3.61. The maximum Gasteiger partial charge on any atom is 0.283 e. The lowest BCUT2D eigenvalue weighted by Gasteiger charge is -2.05. The van der Waals surface area contributed by atoms with Crippen LogP contribution in [0.4, 0.5) is 0 Å². The van der Waals surface area contributed by atoms with Crippen molar-refractivity contribution in [2.75, 3.05) is 0 Å². The fourth-order valence-electron chi connectivity index (χ4n) is 1.03. The Morgan fingerprint density at radius 2 is 2.27 bits per heavy atom. The molecule has 0 aliphatic carbocycles. The molecule has 1 rings (SSSR count). The van der Waals surface area contributed by atoms with Crippen molar-refractivity contribution < 1.29 is 0 Å². The Morgan fingerprint density at radius 1 is 1.73 bits per heavy atom. The van der Waals surface area contributed by atoms with Gasteiger partial charge >= 0.3 is 0 Å². The molecule has 1 aromatic heterocycles. The molecule has 0 unspecified atom stereocenters. The first kappa shape index (κ1) is 8.36. The van der Waals surface area contributed by atoms with E-state index in [-0.39, 0.29) is 16.6 Å². The minimum Gasteiger partial charge on any atom is -0.323 e. The molecule has 0 bridgehead atoms. The number of H-pyrrole nitrogens is 1. The summed E-state index contributed by atoms with van der Waals surface area (Å²) < 4.78 is 1.54. The molecule has 1 atom stereocenters. The summed E-state index contributed by atoms with van der Waals surface area (Å²) in [4.78, 5) is 10.9. The van der Waals surface area contributed by atoms with E-state index in [4.69, 9.17) is 17.3 Å². The van der Waals surface area contributed by atoms with Crippen LogP contribution >= 0.6 is 11.6 Å². The number of nitrogens with two attached hydrogens (primary N) is 1. The molecule has 5 heteroatoms. The Morgan fingerprint density at radius 3 is 2.45 bits per heavy atom. The van der Waals surface area contributed by atoms with Crippen molar-refractivity contribution >= 4 is 11.6 Å². The van der Waals surface area contributed by atoms with Crippen LogP contribution < -0.4 is 11.3 Å². The second-order valence-electron chi connectivity index (χ2n) is 2.49. The molecular weight excluding hydrogens is 166 g/mol. The quantitative estimate of drug-likeness (QED) is 0.649. The molecule has 62 valence electrons. The standard InChI is InChI=1S/C6H10ClN3O/c1-3(8)5-4(7)6(11)9-10(5)2/h3H,8H2,1-2H3,(H,9,11)/t3-/m0/s1. The average molecular weight is 176 g/mol. The van der Waals surface area contributed by atoms with Gasteiger partial charge in [-0.3, -0.25) is 14.6 Å². The highest BCUT2D eigenvalue weighted by Gasteiger charge is 2.13. The Bertz CT molecular complexity index is 312. The van der Waals surface area contributed by atoms with E-state index in [1.165, 1.54) is 4.68 Å². The number of aromatic nitrogens is 2. The van der Waals surface area contributed by atoms with E-state index in [1.54, 1.807) is 14.0 Å². The third kappa shape index (κ3) is 1.32. The molecule has 0 aliphatic rings. The number of rotatable bonds is 1. The monoisotopic (exact) mass is 175 g/mol. The molecule has 1 heterocycles. The van der Waals surface area contributed by atoms with Crippen molar-refractivity contribution in [3.05, 3.63) is 21.1 Å². The van der Waals surface area contributed by atoms with Crippen molar-refractivity contribution in [2.45, 2.75) is 13.0 Å². The van der Waals surface area contributed by atoms with Crippen LogP contribution in [0.1, 0.15) is 18.7 Å². The maximum absolute atomic E-state index is 10.9. The Kier molecular flexibility index (Phi) is 2.06. The Labute approximate surface area is 68.9 Å². The highest BCUT2D eigenvalue weighted by Crippen LogP contribution is 2.15. The van der Waals surface area contributed by atoms with E-state index in [9.17, 15) is 4.79 Å². The van der Waals surface area contributed by atoms with Crippen LogP contribution in [0.25, 0.3) is 0 Å². The predicted molar refractivity (Wildman–Crippen MR) is 43.6 cm³/mol. The van der Waals surface area contributed by atoms with E-state index in [1.807, 2.05) is 0 Å². The number of aromatic amines is 1. The van der Waals surface area contributed by atoms with Crippen LogP contribution in [0.3, 0.4) is 0 Å². The number of hydrogen-bond acceptors (Lipinski definition) is 2. The van der Waals surface area contributed by atoms with Gasteiger partial charge in [-0.05, 0) is 6.92 Å². The normalized spacial score (nSPS) is 13.5. The van der Waals surface area contributed by atoms with Gasteiger partial charge in [0, 0.05) is 13.1 Å². The zero-order valence-electron chi connectivity index (χ0n) is 6.39. The van der Waals surface area contributed by atoms with E-state index < -0.39 is 0 Å². The van der Waals surface area contributed by atoms with Crippen molar-refractivity contribution in [3.63, 3.8) is 0 Å². The van der Waals surface area contributed by atoms with Crippen LogP contribution in [0.2, 0.25) is 5.02 Å². The molecule has 0 aromatic carbocycles. The number of nitrogens with one attached hydrogen (secondary N) is 1. The van der Waals surface area contributed by atoms with Crippen LogP contribution in [0, 0.1) is 0 Å². The van der Waals surface area contributed by atoms with Crippen LogP contribution in [0.15, 0.2) is 4.79 Å². The van der Waals surface area contributed by atoms with Gasteiger partial charge in [0.2, 0.25) is 0 Å². The largest absolute Gasteiger partial charge is 0.323 e. The van der Waals surface area contributed by atoms with Gasteiger partial charge in [0.05, 0.1) is 5.69 Å². The van der Waals surface area contributed by atoms with Crippen molar-refractivity contribution in [3.8, 4) is 0 Å². The highest BCUT2D eigenvalue weighted by molar-refractivity contribution is 6.31. The summed E-state index contributed by atoms with van der Waals surface area (Å²) in [5, 5.41) is 2.69. The molecule has 0 spiro atoms. The van der Waals surface area contributed by atoms with E-state index >= 15 is 0 Å². The van der Waals surface area contributed by atoms with Crippen LogP contribution in [0.5, 0.6) is 0 Å². The lowest BCUT2D eigenvalue weighted by Crippen LogP contribution is -2.10. The smallest absolute Gasteiger partial charge is 0.283 e. The molecule has 0 aliphatic heterocycles. The lowest BCUT2D eigenvalue weighted by molar-refractivity contribution is 0.651. The van der Waals surface area contributed by atoms with Gasteiger partial charge in [-0.1, -0.05) is 11.6 Å². The molecule has 0 saturated carbocycles. The van der Waals surface area contributed by atoms with Gasteiger partial charge in [-0.25, -0.2) is 0 Å². The topological polar surface area (TPSA) is 63.8 Å². The van der Waals surface area contributed by atoms with Crippen LogP contribution in [-0.4, -0.2) is 9.78 Å². The van der Waals surface area contributed by atoms with Crippen molar-refractivity contribution in [2.24, 2.45) is 12.8 Å². The first-order chi connectivity index (χ1) is 5.04. The number of aryl methyl sites for hydroxylation is 1. The summed E-state index contributed by atoms with van der Waals surface area (Å²) in [5.74, 6) is 0. The summed E-state index contributed by atoms with van der Waals surface area (Å²) in [5.41, 5.74) is 5.91. The summed E-state index contributed by atoms with van der Waals surface area (Å²) in [6.45, 7) is 1.77. The van der Waals surface area contributed by atoms with Gasteiger partial charge in [-0.15, -0.1) is 0 Å². The van der Waals surface area contributed by atoms with Gasteiger partial charge < -0.3 is 5.73 Å². The molecule has 4 nitrogen and oxygen atoms in total. The average Bonchev–Trinajstić information content (AvgIpc) is 2.07. The summed E-state index contributed by atoms with van der Waals surface area (Å²) in [6.07, 6.45) is 0. The SMILES string of the molecule is C[C@H](N)c1c(Cl)c(=O)[nH]n1C. The number of hydrogen-bond donors (Lipinski definition) is 2. The Balaban J connectivity index is 3.34. The number of halogens is 1. The van der Waals surface area contributed by atoms with Crippen molar-refractivity contribution in [1.29, 1.82) is 0 Å². The van der Waals surface area contributed by atoms with E-state index in [2.05, 4.69) is 5.10 Å². The van der Waals surface area contributed by atoms with Gasteiger partial charge in [0.1, 0.15) is 5.02 Å². The van der Waals surface area contributed by atoms with E-state index in [0.717, 1.165) is 0 Å². The summed E-state index contributed by atoms with van der Waals surface area (Å²) in [7, 11) is 1.70. The molecule has 3 N–H and O–H groups in total. The third-order valence-corrected chi connectivity index (χ3v) is 1.85. The predicted octanol–water partition coefficient (Wildman–Crippen LogP) is 0.387. The maximum atomic E-state index is 10.9. The van der Waals surface area contributed by atoms with Gasteiger partial charge in [0.15, 0.2) is 0 Å². The van der Waals surface area contributed by atoms with Gasteiger partial charge in [0.25, 0.3) is 5.56 Å². The minimum absolute atomic E-state index is 0.183. The minimum atomic E-state index is -0.290. The first-order valence-electron chi connectivity index (χ1n) is 3.24.